The Morgan fingerprint density at radius 2 is 2.56 bits per heavy atom. The van der Waals surface area contributed by atoms with Crippen molar-refractivity contribution in [3.63, 3.8) is 0 Å². The summed E-state index contributed by atoms with van der Waals surface area (Å²) < 4.78 is 5.10. The molecule has 2 rings (SSSR count). The SMILES string of the molecule is C1=CCC(C[C@H]2CO2)=C1. The Bertz CT molecular complexity index is 163. The fraction of sp³-hybridized carbons (Fsp3) is 0.500. The first-order chi connectivity index (χ1) is 4.45. The van der Waals surface area contributed by atoms with Crippen LogP contribution in [0.3, 0.4) is 0 Å². The number of hydrogen-bond donors (Lipinski definition) is 0. The third-order valence-electron chi connectivity index (χ3n) is 1.74. The first-order valence-electron chi connectivity index (χ1n) is 3.41. The molecule has 0 aromatic heterocycles. The molecule has 0 saturated carbocycles. The van der Waals surface area contributed by atoms with Crippen LogP contribution in [0.15, 0.2) is 23.8 Å². The molecule has 1 fully saturated rings. The fourth-order valence-corrected chi connectivity index (χ4v) is 1.12. The number of rotatable bonds is 2. The highest BCUT2D eigenvalue weighted by atomic mass is 16.6. The number of hydrogen-bond acceptors (Lipinski definition) is 1. The van der Waals surface area contributed by atoms with Gasteiger partial charge in [0.15, 0.2) is 0 Å². The maximum absolute atomic E-state index is 5.10. The Kier molecular flexibility index (Phi) is 1.16. The molecule has 1 heteroatoms. The molecule has 0 aromatic carbocycles. The molecule has 1 aliphatic heterocycles. The number of ether oxygens (including phenoxy) is 1. The van der Waals surface area contributed by atoms with Crippen molar-refractivity contribution in [1.82, 2.24) is 0 Å². The van der Waals surface area contributed by atoms with Crippen LogP contribution in [0.25, 0.3) is 0 Å². The number of epoxide rings is 1. The van der Waals surface area contributed by atoms with E-state index < -0.39 is 0 Å². The van der Waals surface area contributed by atoms with Crippen LogP contribution in [0.1, 0.15) is 12.8 Å². The van der Waals surface area contributed by atoms with Crippen molar-refractivity contribution >= 4 is 0 Å². The summed E-state index contributed by atoms with van der Waals surface area (Å²) in [6, 6.07) is 0. The van der Waals surface area contributed by atoms with Gasteiger partial charge in [-0.25, -0.2) is 0 Å². The van der Waals surface area contributed by atoms with Gasteiger partial charge in [-0.1, -0.05) is 23.8 Å². The topological polar surface area (TPSA) is 12.5 Å². The minimum absolute atomic E-state index is 0.566. The van der Waals surface area contributed by atoms with E-state index in [1.54, 1.807) is 0 Å². The van der Waals surface area contributed by atoms with E-state index in [0.29, 0.717) is 6.10 Å². The van der Waals surface area contributed by atoms with Gasteiger partial charge in [0.25, 0.3) is 0 Å². The molecule has 1 saturated heterocycles. The van der Waals surface area contributed by atoms with Crippen LogP contribution in [-0.2, 0) is 4.74 Å². The molecule has 0 aromatic rings. The van der Waals surface area contributed by atoms with Crippen LogP contribution in [0.2, 0.25) is 0 Å². The molecule has 0 bridgehead atoms. The fourth-order valence-electron chi connectivity index (χ4n) is 1.12. The minimum Gasteiger partial charge on any atom is -0.373 e. The van der Waals surface area contributed by atoms with Gasteiger partial charge in [-0.05, 0) is 12.8 Å². The summed E-state index contributed by atoms with van der Waals surface area (Å²) in [6.45, 7) is 0.983. The first kappa shape index (κ1) is 5.24. The zero-order chi connectivity index (χ0) is 6.10. The van der Waals surface area contributed by atoms with Crippen molar-refractivity contribution < 1.29 is 4.74 Å². The second kappa shape index (κ2) is 1.99. The van der Waals surface area contributed by atoms with Crippen LogP contribution in [-0.4, -0.2) is 12.7 Å². The Morgan fingerprint density at radius 3 is 3.11 bits per heavy atom. The molecule has 2 aliphatic rings. The van der Waals surface area contributed by atoms with E-state index in [9.17, 15) is 0 Å². The maximum atomic E-state index is 5.10. The highest BCUT2D eigenvalue weighted by Crippen LogP contribution is 2.23. The first-order valence-corrected chi connectivity index (χ1v) is 3.41. The van der Waals surface area contributed by atoms with E-state index in [1.807, 2.05) is 0 Å². The van der Waals surface area contributed by atoms with E-state index in [-0.39, 0.29) is 0 Å². The smallest absolute Gasteiger partial charge is 0.0847 e. The van der Waals surface area contributed by atoms with E-state index in [1.165, 1.54) is 5.57 Å². The molecule has 48 valence electrons. The Morgan fingerprint density at radius 1 is 1.67 bits per heavy atom. The van der Waals surface area contributed by atoms with E-state index in [2.05, 4.69) is 18.2 Å². The lowest BCUT2D eigenvalue weighted by molar-refractivity contribution is 0.406. The number of allylic oxidation sites excluding steroid dienone is 3. The van der Waals surface area contributed by atoms with Crippen LogP contribution in [0.5, 0.6) is 0 Å². The zero-order valence-electron chi connectivity index (χ0n) is 5.34. The molecule has 0 radical (unpaired) electrons. The van der Waals surface area contributed by atoms with Gasteiger partial charge in [0, 0.05) is 0 Å². The molecule has 1 nitrogen and oxygen atoms in total. The van der Waals surface area contributed by atoms with Gasteiger partial charge in [-0.3, -0.25) is 0 Å². The third-order valence-corrected chi connectivity index (χ3v) is 1.74. The van der Waals surface area contributed by atoms with Crippen molar-refractivity contribution in [2.45, 2.75) is 18.9 Å². The van der Waals surface area contributed by atoms with Gasteiger partial charge in [0.2, 0.25) is 0 Å². The van der Waals surface area contributed by atoms with Crippen LogP contribution in [0, 0.1) is 0 Å². The highest BCUT2D eigenvalue weighted by molar-refractivity contribution is 5.23. The van der Waals surface area contributed by atoms with Gasteiger partial charge in [0.05, 0.1) is 12.7 Å². The average molecular weight is 122 g/mol. The van der Waals surface area contributed by atoms with Gasteiger partial charge in [0.1, 0.15) is 0 Å². The van der Waals surface area contributed by atoms with Gasteiger partial charge in [-0.2, -0.15) is 0 Å². The lowest BCUT2D eigenvalue weighted by atomic mass is 10.1. The predicted molar refractivity (Wildman–Crippen MR) is 36.2 cm³/mol. The molecule has 1 aliphatic carbocycles. The van der Waals surface area contributed by atoms with Crippen molar-refractivity contribution in [3.8, 4) is 0 Å². The largest absolute Gasteiger partial charge is 0.373 e. The highest BCUT2D eigenvalue weighted by Gasteiger charge is 2.23. The lowest BCUT2D eigenvalue weighted by Crippen LogP contribution is -1.86. The molecule has 0 N–H and O–H groups in total. The summed E-state index contributed by atoms with van der Waals surface area (Å²) in [5, 5.41) is 0. The normalized spacial score (nSPS) is 30.7. The molecule has 0 amide bonds. The van der Waals surface area contributed by atoms with Crippen molar-refractivity contribution in [3.05, 3.63) is 23.8 Å². The molecule has 1 atom stereocenters. The molecule has 0 unspecified atom stereocenters. The Hall–Kier alpha value is -0.560. The average Bonchev–Trinajstić information content (AvgIpc) is 2.46. The minimum atomic E-state index is 0.566. The van der Waals surface area contributed by atoms with E-state index >= 15 is 0 Å². The summed E-state index contributed by atoms with van der Waals surface area (Å²) in [5.41, 5.74) is 1.53. The van der Waals surface area contributed by atoms with E-state index in [0.717, 1.165) is 19.4 Å². The molecule has 0 spiro atoms. The molecular formula is C8H10O. The van der Waals surface area contributed by atoms with Crippen molar-refractivity contribution in [2.24, 2.45) is 0 Å². The summed E-state index contributed by atoms with van der Waals surface area (Å²) >= 11 is 0. The van der Waals surface area contributed by atoms with Gasteiger partial charge >= 0.3 is 0 Å². The van der Waals surface area contributed by atoms with Crippen LogP contribution < -0.4 is 0 Å². The van der Waals surface area contributed by atoms with Gasteiger partial charge < -0.3 is 4.74 Å². The Labute approximate surface area is 55.0 Å². The standard InChI is InChI=1S/C8H10O/c1-2-4-7(3-1)5-8-6-9-8/h1-3,8H,4-6H2/t8-/m0/s1. The molecule has 9 heavy (non-hydrogen) atoms. The monoisotopic (exact) mass is 122 g/mol. The van der Waals surface area contributed by atoms with Gasteiger partial charge in [-0.15, -0.1) is 0 Å². The Balaban J connectivity index is 1.85. The summed E-state index contributed by atoms with van der Waals surface area (Å²) in [5.74, 6) is 0. The lowest BCUT2D eigenvalue weighted by Gasteiger charge is -1.93. The zero-order valence-corrected chi connectivity index (χ0v) is 5.34. The van der Waals surface area contributed by atoms with Crippen LogP contribution in [0.4, 0.5) is 0 Å². The predicted octanol–water partition coefficient (Wildman–Crippen LogP) is 1.66. The van der Waals surface area contributed by atoms with Crippen molar-refractivity contribution in [2.75, 3.05) is 6.61 Å². The summed E-state index contributed by atoms with van der Waals surface area (Å²) in [7, 11) is 0. The maximum Gasteiger partial charge on any atom is 0.0847 e. The summed E-state index contributed by atoms with van der Waals surface area (Å²) in [6.07, 6.45) is 9.39. The summed E-state index contributed by atoms with van der Waals surface area (Å²) in [4.78, 5) is 0. The second-order valence-corrected chi connectivity index (χ2v) is 2.62. The third kappa shape index (κ3) is 1.22. The quantitative estimate of drug-likeness (QED) is 0.507. The second-order valence-electron chi connectivity index (χ2n) is 2.62. The molecule has 1 heterocycles. The van der Waals surface area contributed by atoms with Crippen LogP contribution >= 0.6 is 0 Å². The van der Waals surface area contributed by atoms with Crippen molar-refractivity contribution in [1.29, 1.82) is 0 Å². The molecular weight excluding hydrogens is 112 g/mol. The van der Waals surface area contributed by atoms with E-state index in [4.69, 9.17) is 4.74 Å².